The van der Waals surface area contributed by atoms with Gasteiger partial charge in [-0.15, -0.1) is 18.3 Å². The highest BCUT2D eigenvalue weighted by Crippen LogP contribution is 2.61. The lowest BCUT2D eigenvalue weighted by Gasteiger charge is -2.39. The molecule has 3 amide bonds. The van der Waals surface area contributed by atoms with Gasteiger partial charge in [-0.25, -0.2) is 4.68 Å². The van der Waals surface area contributed by atoms with Crippen molar-refractivity contribution in [3.05, 3.63) is 85.5 Å². The zero-order chi connectivity index (χ0) is 38.0. The van der Waals surface area contributed by atoms with Gasteiger partial charge >= 0.3 is 5.97 Å². The number of hydrogen-bond acceptors (Lipinski definition) is 9. The zero-order valence-electron chi connectivity index (χ0n) is 30.3. The molecule has 282 valence electrons. The summed E-state index contributed by atoms with van der Waals surface area (Å²) in [7, 11) is 1.68. The van der Waals surface area contributed by atoms with Gasteiger partial charge in [0, 0.05) is 24.8 Å². The summed E-state index contributed by atoms with van der Waals surface area (Å²) in [6.07, 6.45) is 3.05. The van der Waals surface area contributed by atoms with Crippen molar-refractivity contribution >= 4 is 50.7 Å². The van der Waals surface area contributed by atoms with Crippen molar-refractivity contribution in [3.63, 3.8) is 0 Å². The SMILES string of the molecule is C=CCCC(=O)N(C)[C@@H](C)[C@@H](OC(=O)[C@@H]1[C@H]2O[C@@]3(CC2Br)[C@H](C(=O)N(CC=C)Cn2nnc4ccccc42)N([C@@H](CC)CO)C(=O)[C@@H]13)c1ccccc1. The molecule has 1 unspecified atom stereocenters. The molecule has 3 fully saturated rings. The molecule has 0 saturated carbocycles. The molecule has 3 saturated heterocycles. The Morgan fingerprint density at radius 1 is 1.15 bits per heavy atom. The van der Waals surface area contributed by atoms with Crippen molar-refractivity contribution in [2.45, 2.75) is 87.0 Å². The summed E-state index contributed by atoms with van der Waals surface area (Å²) in [6, 6.07) is 14.1. The Morgan fingerprint density at radius 2 is 1.87 bits per heavy atom. The summed E-state index contributed by atoms with van der Waals surface area (Å²) in [4.78, 5) is 61.5. The van der Waals surface area contributed by atoms with E-state index in [0.29, 0.717) is 23.9 Å². The monoisotopic (exact) mass is 790 g/mol. The Morgan fingerprint density at radius 3 is 2.55 bits per heavy atom. The van der Waals surface area contributed by atoms with Crippen molar-refractivity contribution < 1.29 is 33.8 Å². The number of amides is 3. The number of para-hydroxylation sites is 1. The number of aliphatic hydroxyl groups is 1. The van der Waals surface area contributed by atoms with Gasteiger partial charge in [0.1, 0.15) is 29.9 Å². The number of nitrogens with zero attached hydrogens (tertiary/aromatic N) is 6. The molecule has 1 spiro atoms. The standard InChI is InChI=1S/C39H47BrN6O7/c1-6-9-19-30(48)43(5)24(4)33(25-15-11-10-12-16-25)52-38(51)31-32-36(49)46(26(8-3)22-47)35(39(32)21-27(40)34(31)53-39)37(50)44(20-7-2)23-45-29-18-14-13-17-28(29)41-42-45/h6-7,10-18,24,26-27,31-35,47H,1-2,8-9,19-23H2,3-5H3/t24-,26-,27?,31-,32+,33+,34-,35-,39+/m0/s1. The first-order chi connectivity index (χ1) is 25.5. The Hall–Kier alpha value is -4.40. The number of likely N-dealkylation sites (tertiary alicyclic amines) is 1. The summed E-state index contributed by atoms with van der Waals surface area (Å²) >= 11 is 3.74. The maximum absolute atomic E-state index is 15.0. The average Bonchev–Trinajstić information content (AvgIpc) is 3.89. The second kappa shape index (κ2) is 15.9. The van der Waals surface area contributed by atoms with Gasteiger partial charge < -0.3 is 29.3 Å². The van der Waals surface area contributed by atoms with E-state index >= 15 is 0 Å². The number of ether oxygens (including phenoxy) is 2. The number of benzene rings is 2. The second-order valence-corrected chi connectivity index (χ2v) is 15.2. The molecule has 2 bridgehead atoms. The van der Waals surface area contributed by atoms with E-state index in [1.54, 1.807) is 28.8 Å². The third-order valence-corrected chi connectivity index (χ3v) is 11.9. The van der Waals surface area contributed by atoms with Crippen LogP contribution in [0.1, 0.15) is 51.2 Å². The number of rotatable bonds is 16. The van der Waals surface area contributed by atoms with Crippen LogP contribution >= 0.6 is 15.9 Å². The van der Waals surface area contributed by atoms with Crippen LogP contribution in [-0.4, -0.2) is 113 Å². The van der Waals surface area contributed by atoms with Crippen molar-refractivity contribution in [3.8, 4) is 0 Å². The second-order valence-electron chi connectivity index (χ2n) is 14.1. The van der Waals surface area contributed by atoms with Gasteiger partial charge in [-0.05, 0) is 43.9 Å². The molecular weight excluding hydrogens is 744 g/mol. The number of carbonyl (C=O) groups is 4. The molecule has 13 nitrogen and oxygen atoms in total. The molecule has 2 aromatic carbocycles. The molecule has 1 N–H and O–H groups in total. The smallest absolute Gasteiger partial charge is 0.313 e. The number of hydrogen-bond donors (Lipinski definition) is 1. The maximum atomic E-state index is 15.0. The van der Waals surface area contributed by atoms with E-state index in [4.69, 9.17) is 9.47 Å². The highest BCUT2D eigenvalue weighted by Gasteiger charge is 2.77. The van der Waals surface area contributed by atoms with Crippen LogP contribution < -0.4 is 0 Å². The fourth-order valence-corrected chi connectivity index (χ4v) is 9.22. The molecule has 3 aliphatic rings. The predicted molar refractivity (Wildman–Crippen MR) is 200 cm³/mol. The number of halogens is 1. The van der Waals surface area contributed by atoms with Crippen LogP contribution in [0.25, 0.3) is 11.0 Å². The fraction of sp³-hybridized carbons (Fsp3) is 0.487. The third kappa shape index (κ3) is 6.81. The van der Waals surface area contributed by atoms with Crippen LogP contribution in [0.2, 0.25) is 0 Å². The Labute approximate surface area is 317 Å². The molecule has 0 aliphatic carbocycles. The number of aliphatic hydroxyl groups excluding tert-OH is 1. The maximum Gasteiger partial charge on any atom is 0.313 e. The zero-order valence-corrected chi connectivity index (χ0v) is 31.9. The molecule has 0 radical (unpaired) electrons. The predicted octanol–water partition coefficient (Wildman–Crippen LogP) is 4.02. The minimum absolute atomic E-state index is 0.0167. The van der Waals surface area contributed by atoms with Crippen molar-refractivity contribution in [1.29, 1.82) is 0 Å². The first kappa shape index (κ1) is 38.3. The average molecular weight is 792 g/mol. The normalized spacial score (nSPS) is 26.2. The molecule has 3 aromatic rings. The van der Waals surface area contributed by atoms with Crippen LogP contribution in [0.3, 0.4) is 0 Å². The van der Waals surface area contributed by atoms with E-state index in [1.165, 1.54) is 9.80 Å². The van der Waals surface area contributed by atoms with Crippen molar-refractivity contribution in [2.24, 2.45) is 11.8 Å². The summed E-state index contributed by atoms with van der Waals surface area (Å²) in [5.41, 5.74) is 0.681. The Bertz CT molecular complexity index is 1850. The molecule has 3 aliphatic heterocycles. The Kier molecular flexibility index (Phi) is 11.5. The van der Waals surface area contributed by atoms with Crippen molar-refractivity contribution in [2.75, 3.05) is 20.2 Å². The number of alkyl halides is 1. The minimum Gasteiger partial charge on any atom is -0.455 e. The van der Waals surface area contributed by atoms with Gasteiger partial charge in [-0.1, -0.05) is 82.7 Å². The van der Waals surface area contributed by atoms with Crippen molar-refractivity contribution in [1.82, 2.24) is 29.7 Å². The number of esters is 1. The van der Waals surface area contributed by atoms with E-state index in [0.717, 1.165) is 5.52 Å². The first-order valence-corrected chi connectivity index (χ1v) is 19.0. The van der Waals surface area contributed by atoms with E-state index in [2.05, 4.69) is 39.4 Å². The van der Waals surface area contributed by atoms with E-state index in [9.17, 15) is 24.3 Å². The molecule has 4 heterocycles. The quantitative estimate of drug-likeness (QED) is 0.129. The summed E-state index contributed by atoms with van der Waals surface area (Å²) in [5, 5.41) is 19.1. The number of fused-ring (bicyclic) bond motifs is 2. The third-order valence-electron chi connectivity index (χ3n) is 11.1. The summed E-state index contributed by atoms with van der Waals surface area (Å²) in [5.74, 6) is -3.77. The van der Waals surface area contributed by atoms with Gasteiger partial charge in [0.25, 0.3) is 0 Å². The highest BCUT2D eigenvalue weighted by molar-refractivity contribution is 9.09. The van der Waals surface area contributed by atoms with Gasteiger partial charge in [0.05, 0.1) is 42.1 Å². The van der Waals surface area contributed by atoms with Gasteiger partial charge in [0.15, 0.2) is 0 Å². The first-order valence-electron chi connectivity index (χ1n) is 18.1. The molecule has 9 atom stereocenters. The molecule has 14 heteroatoms. The van der Waals surface area contributed by atoms with E-state index in [1.807, 2.05) is 68.4 Å². The van der Waals surface area contributed by atoms with E-state index < -0.39 is 65.6 Å². The lowest BCUT2D eigenvalue weighted by Crippen LogP contribution is -2.59. The molecule has 53 heavy (non-hydrogen) atoms. The van der Waals surface area contributed by atoms with Crippen LogP contribution in [-0.2, 0) is 35.3 Å². The minimum atomic E-state index is -1.39. The van der Waals surface area contributed by atoms with Crippen LogP contribution in [0, 0.1) is 11.8 Å². The van der Waals surface area contributed by atoms with Crippen LogP contribution in [0.15, 0.2) is 79.9 Å². The van der Waals surface area contributed by atoms with Crippen LogP contribution in [0.4, 0.5) is 0 Å². The summed E-state index contributed by atoms with van der Waals surface area (Å²) in [6.45, 7) is 11.0. The van der Waals surface area contributed by atoms with Gasteiger partial charge in [-0.3, -0.25) is 19.2 Å². The topological polar surface area (TPSA) is 147 Å². The van der Waals surface area contributed by atoms with Crippen LogP contribution in [0.5, 0.6) is 0 Å². The highest BCUT2D eigenvalue weighted by atomic mass is 79.9. The molecule has 6 rings (SSSR count). The Balaban J connectivity index is 1.36. The van der Waals surface area contributed by atoms with Gasteiger partial charge in [-0.2, -0.15) is 0 Å². The van der Waals surface area contributed by atoms with Gasteiger partial charge in [0.2, 0.25) is 17.7 Å². The number of likely N-dealkylation sites (N-methyl/N-ethyl adjacent to an activating group) is 1. The van der Waals surface area contributed by atoms with E-state index in [-0.39, 0.29) is 43.4 Å². The summed E-state index contributed by atoms with van der Waals surface area (Å²) < 4.78 is 14.7. The number of aromatic nitrogens is 3. The molecule has 1 aromatic heterocycles. The number of carbonyl (C=O) groups excluding carboxylic acids is 4. The fourth-order valence-electron chi connectivity index (χ4n) is 8.28. The molecular formula is C39H47BrN6O7. The largest absolute Gasteiger partial charge is 0.455 e. The lowest BCUT2D eigenvalue weighted by molar-refractivity contribution is -0.165. The lowest BCUT2D eigenvalue weighted by atomic mass is 9.70. The number of allylic oxidation sites excluding steroid dienone is 1.